The van der Waals surface area contributed by atoms with Crippen LogP contribution in [0.1, 0.15) is 34.1 Å². The van der Waals surface area contributed by atoms with Gasteiger partial charge in [0.05, 0.1) is 13.2 Å². The van der Waals surface area contributed by atoms with Crippen LogP contribution >= 0.6 is 0 Å². The second-order valence-electron chi connectivity index (χ2n) is 4.53. The molecular weight excluding hydrogens is 220 g/mol. The summed E-state index contributed by atoms with van der Waals surface area (Å²) in [6.07, 6.45) is 0.357. The van der Waals surface area contributed by atoms with Crippen LogP contribution in [0, 0.1) is 5.92 Å². The van der Waals surface area contributed by atoms with Crippen LogP contribution in [0.2, 0.25) is 0 Å². The van der Waals surface area contributed by atoms with Gasteiger partial charge in [0.1, 0.15) is 0 Å². The molecule has 0 saturated heterocycles. The molecule has 2 N–H and O–H groups in total. The Labute approximate surface area is 103 Å². The topological polar surface area (TPSA) is 67.4 Å². The molecule has 0 aliphatic carbocycles. The molecular formula is C12H24N2O3. The Kier molecular flexibility index (Phi) is 8.40. The number of carbonyl (C=O) groups is 2. The Morgan fingerprint density at radius 1 is 1.12 bits per heavy atom. The summed E-state index contributed by atoms with van der Waals surface area (Å²) in [5, 5.41) is 5.52. The maximum absolute atomic E-state index is 11.2. The second kappa shape index (κ2) is 8.98. The number of hydrogen-bond acceptors (Lipinski definition) is 3. The third-order valence-electron chi connectivity index (χ3n) is 1.99. The molecule has 0 aromatic heterocycles. The number of hydrogen-bond donors (Lipinski definition) is 2. The van der Waals surface area contributed by atoms with Crippen LogP contribution in [0.4, 0.5) is 0 Å². The highest BCUT2D eigenvalue weighted by Gasteiger charge is 2.05. The quantitative estimate of drug-likeness (QED) is 0.617. The van der Waals surface area contributed by atoms with Gasteiger partial charge in [-0.15, -0.1) is 0 Å². The number of carbonyl (C=O) groups excluding carboxylic acids is 2. The van der Waals surface area contributed by atoms with Crippen molar-refractivity contribution in [3.63, 3.8) is 0 Å². The molecule has 2 amide bonds. The van der Waals surface area contributed by atoms with E-state index in [0.717, 1.165) is 0 Å². The van der Waals surface area contributed by atoms with Gasteiger partial charge >= 0.3 is 0 Å². The molecule has 0 aromatic carbocycles. The van der Waals surface area contributed by atoms with Crippen molar-refractivity contribution in [3.05, 3.63) is 0 Å². The lowest BCUT2D eigenvalue weighted by molar-refractivity contribution is -0.125. The molecule has 0 aliphatic heterocycles. The monoisotopic (exact) mass is 244 g/mol. The molecule has 0 saturated carbocycles. The van der Waals surface area contributed by atoms with Gasteiger partial charge in [-0.2, -0.15) is 0 Å². The minimum absolute atomic E-state index is 0.00757. The van der Waals surface area contributed by atoms with Crippen molar-refractivity contribution in [3.8, 4) is 0 Å². The number of ether oxygens (including phenoxy) is 1. The molecule has 5 heteroatoms. The van der Waals surface area contributed by atoms with Crippen molar-refractivity contribution in [2.45, 2.75) is 40.2 Å². The van der Waals surface area contributed by atoms with Gasteiger partial charge in [-0.25, -0.2) is 0 Å². The molecule has 100 valence electrons. The highest BCUT2D eigenvalue weighted by atomic mass is 16.5. The fourth-order valence-electron chi connectivity index (χ4n) is 1.11. The fraction of sp³-hybridized carbons (Fsp3) is 0.833. The Morgan fingerprint density at radius 2 is 1.76 bits per heavy atom. The molecule has 0 fully saturated rings. The molecule has 0 aliphatic rings. The number of amides is 2. The van der Waals surface area contributed by atoms with Crippen LogP contribution in [0.3, 0.4) is 0 Å². The van der Waals surface area contributed by atoms with Crippen LogP contribution in [0.25, 0.3) is 0 Å². The van der Waals surface area contributed by atoms with Crippen LogP contribution < -0.4 is 10.6 Å². The first-order chi connectivity index (χ1) is 7.93. The van der Waals surface area contributed by atoms with E-state index in [1.807, 2.05) is 27.7 Å². The highest BCUT2D eigenvalue weighted by Crippen LogP contribution is 1.90. The minimum atomic E-state index is -0.00813. The summed E-state index contributed by atoms with van der Waals surface area (Å²) in [5.74, 6) is 0.00388. The molecule has 0 spiro atoms. The van der Waals surface area contributed by atoms with Crippen LogP contribution in [-0.2, 0) is 14.3 Å². The van der Waals surface area contributed by atoms with E-state index in [4.69, 9.17) is 4.74 Å². The lowest BCUT2D eigenvalue weighted by Gasteiger charge is -2.09. The molecule has 17 heavy (non-hydrogen) atoms. The van der Waals surface area contributed by atoms with E-state index in [0.29, 0.717) is 26.2 Å². The van der Waals surface area contributed by atoms with E-state index < -0.39 is 0 Å². The lowest BCUT2D eigenvalue weighted by Crippen LogP contribution is -2.32. The van der Waals surface area contributed by atoms with Crippen molar-refractivity contribution in [1.82, 2.24) is 10.6 Å². The predicted molar refractivity (Wildman–Crippen MR) is 66.6 cm³/mol. The van der Waals surface area contributed by atoms with Crippen molar-refractivity contribution >= 4 is 11.8 Å². The normalized spacial score (nSPS) is 10.7. The van der Waals surface area contributed by atoms with Crippen molar-refractivity contribution in [2.24, 2.45) is 5.92 Å². The first kappa shape index (κ1) is 15.9. The van der Waals surface area contributed by atoms with E-state index in [1.54, 1.807) is 0 Å². The summed E-state index contributed by atoms with van der Waals surface area (Å²) in [4.78, 5) is 22.4. The van der Waals surface area contributed by atoms with Crippen LogP contribution in [0.15, 0.2) is 0 Å². The Morgan fingerprint density at radius 3 is 2.29 bits per heavy atom. The SMILES string of the molecule is CC(C)NC(=O)CCOCCNC(=O)C(C)C. The lowest BCUT2D eigenvalue weighted by atomic mass is 10.2. The molecule has 0 rings (SSSR count). The van der Waals surface area contributed by atoms with Crippen LogP contribution in [0.5, 0.6) is 0 Å². The third kappa shape index (κ3) is 9.81. The van der Waals surface area contributed by atoms with E-state index in [1.165, 1.54) is 0 Å². The van der Waals surface area contributed by atoms with Crippen molar-refractivity contribution < 1.29 is 14.3 Å². The zero-order chi connectivity index (χ0) is 13.3. The van der Waals surface area contributed by atoms with Crippen molar-refractivity contribution in [2.75, 3.05) is 19.8 Å². The number of nitrogens with one attached hydrogen (secondary N) is 2. The van der Waals surface area contributed by atoms with E-state index >= 15 is 0 Å². The van der Waals surface area contributed by atoms with Gasteiger partial charge in [-0.1, -0.05) is 13.8 Å². The van der Waals surface area contributed by atoms with E-state index in [-0.39, 0.29) is 23.8 Å². The molecule has 0 aromatic rings. The molecule has 0 atom stereocenters. The van der Waals surface area contributed by atoms with Gasteiger partial charge in [0.2, 0.25) is 11.8 Å². The molecule has 0 bridgehead atoms. The first-order valence-corrected chi connectivity index (χ1v) is 6.08. The minimum Gasteiger partial charge on any atom is -0.379 e. The Hall–Kier alpha value is -1.10. The Balaban J connectivity index is 3.35. The highest BCUT2D eigenvalue weighted by molar-refractivity contribution is 5.77. The summed E-state index contributed by atoms with van der Waals surface area (Å²) in [6, 6.07) is 0.160. The van der Waals surface area contributed by atoms with Crippen molar-refractivity contribution in [1.29, 1.82) is 0 Å². The standard InChI is InChI=1S/C12H24N2O3/c1-9(2)12(16)13-6-8-17-7-5-11(15)14-10(3)4/h9-10H,5-8H2,1-4H3,(H,13,16)(H,14,15). The molecule has 0 radical (unpaired) electrons. The van der Waals surface area contributed by atoms with Gasteiger partial charge in [-0.05, 0) is 13.8 Å². The van der Waals surface area contributed by atoms with E-state index in [9.17, 15) is 9.59 Å². The summed E-state index contributed by atoms with van der Waals surface area (Å²) in [6.45, 7) is 8.83. The fourth-order valence-corrected chi connectivity index (χ4v) is 1.11. The van der Waals surface area contributed by atoms with Gasteiger partial charge in [0.25, 0.3) is 0 Å². The summed E-state index contributed by atoms with van der Waals surface area (Å²) in [5.41, 5.74) is 0. The summed E-state index contributed by atoms with van der Waals surface area (Å²) in [7, 11) is 0. The third-order valence-corrected chi connectivity index (χ3v) is 1.99. The molecule has 0 unspecified atom stereocenters. The van der Waals surface area contributed by atoms with Gasteiger partial charge in [0, 0.05) is 24.9 Å². The summed E-state index contributed by atoms with van der Waals surface area (Å²) < 4.78 is 5.24. The largest absolute Gasteiger partial charge is 0.379 e. The Bertz CT molecular complexity index is 240. The molecule has 0 heterocycles. The molecule has 5 nitrogen and oxygen atoms in total. The maximum Gasteiger partial charge on any atom is 0.222 e. The van der Waals surface area contributed by atoms with E-state index in [2.05, 4.69) is 10.6 Å². The van der Waals surface area contributed by atoms with Gasteiger partial charge in [-0.3, -0.25) is 9.59 Å². The zero-order valence-corrected chi connectivity index (χ0v) is 11.2. The van der Waals surface area contributed by atoms with Crippen LogP contribution in [-0.4, -0.2) is 37.6 Å². The number of rotatable bonds is 8. The maximum atomic E-state index is 11.2. The zero-order valence-electron chi connectivity index (χ0n) is 11.2. The van der Waals surface area contributed by atoms with Gasteiger partial charge in [0.15, 0.2) is 0 Å². The summed E-state index contributed by atoms with van der Waals surface area (Å²) >= 11 is 0. The smallest absolute Gasteiger partial charge is 0.222 e. The first-order valence-electron chi connectivity index (χ1n) is 6.08. The second-order valence-corrected chi connectivity index (χ2v) is 4.53. The average molecular weight is 244 g/mol. The predicted octanol–water partition coefficient (Wildman–Crippen LogP) is 0.690. The van der Waals surface area contributed by atoms with Gasteiger partial charge < -0.3 is 15.4 Å². The average Bonchev–Trinajstić information content (AvgIpc) is 2.21.